The Balaban J connectivity index is 1.92. The lowest BCUT2D eigenvalue weighted by atomic mass is 10.00. The molecule has 1 amide bonds. The second kappa shape index (κ2) is 9.07. The molecule has 1 unspecified atom stereocenters. The molecule has 4 heteroatoms. The highest BCUT2D eigenvalue weighted by molar-refractivity contribution is 5.92. The number of carbonyl (C=O) groups is 1. The van der Waals surface area contributed by atoms with E-state index in [2.05, 4.69) is 54.9 Å². The van der Waals surface area contributed by atoms with Crippen LogP contribution in [0.15, 0.2) is 24.3 Å². The number of nitrogens with zero attached hydrogens (tertiary/aromatic N) is 2. The summed E-state index contributed by atoms with van der Waals surface area (Å²) in [7, 11) is 0. The molecule has 2 rings (SSSR count). The highest BCUT2D eigenvalue weighted by Gasteiger charge is 2.22. The van der Waals surface area contributed by atoms with Crippen LogP contribution in [0.2, 0.25) is 0 Å². The van der Waals surface area contributed by atoms with Crippen molar-refractivity contribution in [2.24, 2.45) is 0 Å². The number of anilines is 2. The minimum absolute atomic E-state index is 0.0966. The Bertz CT molecular complexity index is 512. The van der Waals surface area contributed by atoms with E-state index in [1.165, 1.54) is 24.9 Å². The molecular formula is C20H33N3O. The fourth-order valence-corrected chi connectivity index (χ4v) is 3.70. The van der Waals surface area contributed by atoms with Crippen molar-refractivity contribution in [2.45, 2.75) is 65.5 Å². The predicted octanol–water partition coefficient (Wildman–Crippen LogP) is 4.12. The van der Waals surface area contributed by atoms with Gasteiger partial charge in [-0.3, -0.25) is 9.69 Å². The molecule has 0 aliphatic carbocycles. The standard InChI is InChI=1S/C20H33N3O/c1-5-18-9-7-8-14-22(18)15-20(24)21-17-10-12-19(13-11-17)23(6-2)16(3)4/h10-13,16,18H,5-9,14-15H2,1-4H3,(H,21,24). The average molecular weight is 332 g/mol. The van der Waals surface area contributed by atoms with Gasteiger partial charge in [0.1, 0.15) is 0 Å². The second-order valence-electron chi connectivity index (χ2n) is 7.00. The summed E-state index contributed by atoms with van der Waals surface area (Å²) in [6.45, 7) is 11.3. The van der Waals surface area contributed by atoms with Crippen LogP contribution in [0.4, 0.5) is 11.4 Å². The molecule has 1 N–H and O–H groups in total. The van der Waals surface area contributed by atoms with E-state index in [9.17, 15) is 4.79 Å². The first-order valence-electron chi connectivity index (χ1n) is 9.45. The molecule has 1 aromatic carbocycles. The fourth-order valence-electron chi connectivity index (χ4n) is 3.70. The maximum atomic E-state index is 12.4. The highest BCUT2D eigenvalue weighted by Crippen LogP contribution is 2.21. The zero-order valence-corrected chi connectivity index (χ0v) is 15.7. The summed E-state index contributed by atoms with van der Waals surface area (Å²) >= 11 is 0. The molecule has 0 aromatic heterocycles. The average Bonchev–Trinajstić information content (AvgIpc) is 2.57. The number of hydrogen-bond acceptors (Lipinski definition) is 3. The van der Waals surface area contributed by atoms with E-state index in [1.54, 1.807) is 0 Å². The number of amides is 1. The van der Waals surface area contributed by atoms with Crippen molar-refractivity contribution >= 4 is 17.3 Å². The predicted molar refractivity (Wildman–Crippen MR) is 103 cm³/mol. The van der Waals surface area contributed by atoms with Crippen LogP contribution in [-0.2, 0) is 4.79 Å². The first-order valence-corrected chi connectivity index (χ1v) is 9.45. The van der Waals surface area contributed by atoms with Gasteiger partial charge in [0.25, 0.3) is 0 Å². The molecular weight excluding hydrogens is 298 g/mol. The summed E-state index contributed by atoms with van der Waals surface area (Å²) in [6.07, 6.45) is 4.85. The van der Waals surface area contributed by atoms with Crippen molar-refractivity contribution in [3.8, 4) is 0 Å². The van der Waals surface area contributed by atoms with Gasteiger partial charge in [0.05, 0.1) is 6.54 Å². The molecule has 0 saturated carbocycles. The normalized spacial score (nSPS) is 18.6. The number of hydrogen-bond donors (Lipinski definition) is 1. The van der Waals surface area contributed by atoms with Crippen LogP contribution >= 0.6 is 0 Å². The molecule has 0 radical (unpaired) electrons. The van der Waals surface area contributed by atoms with Crippen LogP contribution in [0.3, 0.4) is 0 Å². The Morgan fingerprint density at radius 2 is 1.96 bits per heavy atom. The van der Waals surface area contributed by atoms with Crippen LogP contribution in [0.25, 0.3) is 0 Å². The van der Waals surface area contributed by atoms with E-state index < -0.39 is 0 Å². The summed E-state index contributed by atoms with van der Waals surface area (Å²) in [6, 6.07) is 9.23. The lowest BCUT2D eigenvalue weighted by molar-refractivity contribution is -0.118. The SMILES string of the molecule is CCC1CCCCN1CC(=O)Nc1ccc(N(CC)C(C)C)cc1. The largest absolute Gasteiger partial charge is 0.369 e. The summed E-state index contributed by atoms with van der Waals surface area (Å²) in [4.78, 5) is 17.0. The molecule has 1 aliphatic rings. The van der Waals surface area contributed by atoms with Gasteiger partial charge < -0.3 is 10.2 Å². The lowest BCUT2D eigenvalue weighted by Gasteiger charge is -2.34. The molecule has 0 spiro atoms. The zero-order valence-electron chi connectivity index (χ0n) is 15.7. The third-order valence-corrected chi connectivity index (χ3v) is 5.01. The third-order valence-electron chi connectivity index (χ3n) is 5.01. The molecule has 24 heavy (non-hydrogen) atoms. The molecule has 1 atom stereocenters. The number of carbonyl (C=O) groups excluding carboxylic acids is 1. The minimum Gasteiger partial charge on any atom is -0.369 e. The smallest absolute Gasteiger partial charge is 0.238 e. The zero-order chi connectivity index (χ0) is 17.5. The first-order chi connectivity index (χ1) is 11.5. The van der Waals surface area contributed by atoms with Gasteiger partial charge in [-0.25, -0.2) is 0 Å². The summed E-state index contributed by atoms with van der Waals surface area (Å²) in [5.74, 6) is 0.0966. The Morgan fingerprint density at radius 3 is 2.54 bits per heavy atom. The number of nitrogens with one attached hydrogen (secondary N) is 1. The van der Waals surface area contributed by atoms with Crippen LogP contribution in [-0.4, -0.2) is 42.5 Å². The summed E-state index contributed by atoms with van der Waals surface area (Å²) in [5.41, 5.74) is 2.08. The maximum Gasteiger partial charge on any atom is 0.238 e. The topological polar surface area (TPSA) is 35.6 Å². The van der Waals surface area contributed by atoms with Crippen molar-refractivity contribution in [3.05, 3.63) is 24.3 Å². The number of likely N-dealkylation sites (tertiary alicyclic amines) is 1. The van der Waals surface area contributed by atoms with E-state index in [0.29, 0.717) is 18.6 Å². The van der Waals surface area contributed by atoms with E-state index >= 15 is 0 Å². The summed E-state index contributed by atoms with van der Waals surface area (Å²) < 4.78 is 0. The fraction of sp³-hybridized carbons (Fsp3) is 0.650. The van der Waals surface area contributed by atoms with Crippen LogP contribution < -0.4 is 10.2 Å². The van der Waals surface area contributed by atoms with Crippen LogP contribution in [0.1, 0.15) is 53.4 Å². The third kappa shape index (κ3) is 4.97. The highest BCUT2D eigenvalue weighted by atomic mass is 16.2. The monoisotopic (exact) mass is 331 g/mol. The van der Waals surface area contributed by atoms with E-state index in [-0.39, 0.29) is 5.91 Å². The lowest BCUT2D eigenvalue weighted by Crippen LogP contribution is -2.43. The Morgan fingerprint density at radius 1 is 1.25 bits per heavy atom. The summed E-state index contributed by atoms with van der Waals surface area (Å²) in [5, 5.41) is 3.05. The van der Waals surface area contributed by atoms with Gasteiger partial charge in [0.2, 0.25) is 5.91 Å². The molecule has 1 aliphatic heterocycles. The van der Waals surface area contributed by atoms with Gasteiger partial charge in [-0.1, -0.05) is 13.3 Å². The minimum atomic E-state index is 0.0966. The number of rotatable bonds is 7. The Kier molecular flexibility index (Phi) is 7.10. The number of benzene rings is 1. The van der Waals surface area contributed by atoms with E-state index in [1.807, 2.05) is 12.1 Å². The molecule has 4 nitrogen and oxygen atoms in total. The molecule has 1 saturated heterocycles. The van der Waals surface area contributed by atoms with Crippen LogP contribution in [0, 0.1) is 0 Å². The van der Waals surface area contributed by atoms with Gasteiger partial charge in [-0.2, -0.15) is 0 Å². The van der Waals surface area contributed by atoms with E-state index in [4.69, 9.17) is 0 Å². The van der Waals surface area contributed by atoms with Gasteiger partial charge in [0.15, 0.2) is 0 Å². The number of piperidine rings is 1. The Labute approximate surface area is 147 Å². The molecule has 134 valence electrons. The van der Waals surface area contributed by atoms with Gasteiger partial charge in [-0.05, 0) is 70.8 Å². The maximum absolute atomic E-state index is 12.4. The molecule has 0 bridgehead atoms. The molecule has 1 fully saturated rings. The van der Waals surface area contributed by atoms with Gasteiger partial charge in [0, 0.05) is 30.0 Å². The molecule has 1 aromatic rings. The first kappa shape index (κ1) is 18.8. The van der Waals surface area contributed by atoms with Crippen molar-refractivity contribution in [1.29, 1.82) is 0 Å². The van der Waals surface area contributed by atoms with Gasteiger partial charge in [-0.15, -0.1) is 0 Å². The Hall–Kier alpha value is -1.55. The van der Waals surface area contributed by atoms with Crippen molar-refractivity contribution in [2.75, 3.05) is 29.9 Å². The molecule has 1 heterocycles. The van der Waals surface area contributed by atoms with Crippen molar-refractivity contribution in [3.63, 3.8) is 0 Å². The van der Waals surface area contributed by atoms with Crippen molar-refractivity contribution < 1.29 is 4.79 Å². The van der Waals surface area contributed by atoms with Gasteiger partial charge >= 0.3 is 0 Å². The van der Waals surface area contributed by atoms with E-state index in [0.717, 1.165) is 25.2 Å². The van der Waals surface area contributed by atoms with Crippen LogP contribution in [0.5, 0.6) is 0 Å². The second-order valence-corrected chi connectivity index (χ2v) is 7.00. The van der Waals surface area contributed by atoms with Crippen molar-refractivity contribution in [1.82, 2.24) is 4.90 Å². The quantitative estimate of drug-likeness (QED) is 0.816.